The van der Waals surface area contributed by atoms with E-state index in [4.69, 9.17) is 9.52 Å². The van der Waals surface area contributed by atoms with Crippen LogP contribution in [0.5, 0.6) is 0 Å². The van der Waals surface area contributed by atoms with E-state index in [2.05, 4.69) is 5.32 Å². The fourth-order valence-corrected chi connectivity index (χ4v) is 1.04. The van der Waals surface area contributed by atoms with E-state index in [-0.39, 0.29) is 6.04 Å². The van der Waals surface area contributed by atoms with Gasteiger partial charge in [-0.2, -0.15) is 13.2 Å². The van der Waals surface area contributed by atoms with Gasteiger partial charge in [-0.25, -0.2) is 0 Å². The summed E-state index contributed by atoms with van der Waals surface area (Å²) in [7, 11) is 0. The molecule has 15 heavy (non-hydrogen) atoms. The molecule has 0 spiro atoms. The van der Waals surface area contributed by atoms with Crippen molar-refractivity contribution in [3.05, 3.63) is 24.2 Å². The molecule has 0 fully saturated rings. The van der Waals surface area contributed by atoms with E-state index in [0.717, 1.165) is 0 Å². The van der Waals surface area contributed by atoms with Gasteiger partial charge in [0.25, 0.3) is 0 Å². The monoisotopic (exact) mass is 223 g/mol. The molecule has 0 radical (unpaired) electrons. The average molecular weight is 223 g/mol. The lowest BCUT2D eigenvalue weighted by Crippen LogP contribution is -2.39. The Labute approximate surface area is 84.9 Å². The van der Waals surface area contributed by atoms with Crippen molar-refractivity contribution in [2.75, 3.05) is 6.54 Å². The first-order chi connectivity index (χ1) is 6.91. The van der Waals surface area contributed by atoms with Crippen LogP contribution in [0, 0.1) is 0 Å². The van der Waals surface area contributed by atoms with Gasteiger partial charge in [0.15, 0.2) is 6.10 Å². The van der Waals surface area contributed by atoms with Crippen molar-refractivity contribution < 1.29 is 22.7 Å². The number of halogens is 3. The predicted molar refractivity (Wildman–Crippen MR) is 47.2 cm³/mol. The Morgan fingerprint density at radius 3 is 2.67 bits per heavy atom. The van der Waals surface area contributed by atoms with Gasteiger partial charge in [0.05, 0.1) is 12.3 Å². The molecule has 1 heterocycles. The summed E-state index contributed by atoms with van der Waals surface area (Å²) in [6.07, 6.45) is -5.50. The highest BCUT2D eigenvalue weighted by atomic mass is 19.4. The lowest BCUT2D eigenvalue weighted by atomic mass is 10.2. The van der Waals surface area contributed by atoms with E-state index in [1.54, 1.807) is 19.1 Å². The van der Waals surface area contributed by atoms with Gasteiger partial charge >= 0.3 is 6.18 Å². The van der Waals surface area contributed by atoms with Gasteiger partial charge in [0.2, 0.25) is 0 Å². The topological polar surface area (TPSA) is 45.4 Å². The zero-order valence-electron chi connectivity index (χ0n) is 8.08. The maximum atomic E-state index is 11.9. The number of aliphatic hydroxyl groups is 1. The Bertz CT molecular complexity index is 284. The van der Waals surface area contributed by atoms with E-state index >= 15 is 0 Å². The number of hydrogen-bond acceptors (Lipinski definition) is 3. The average Bonchev–Trinajstić information content (AvgIpc) is 2.64. The summed E-state index contributed by atoms with van der Waals surface area (Å²) >= 11 is 0. The lowest BCUT2D eigenvalue weighted by Gasteiger charge is -2.17. The summed E-state index contributed by atoms with van der Waals surface area (Å²) in [5.41, 5.74) is 0. The minimum absolute atomic E-state index is 0.364. The van der Waals surface area contributed by atoms with Crippen LogP contribution < -0.4 is 5.32 Å². The van der Waals surface area contributed by atoms with Crippen molar-refractivity contribution in [3.8, 4) is 0 Å². The summed E-state index contributed by atoms with van der Waals surface area (Å²) in [6.45, 7) is 1.10. The fourth-order valence-electron chi connectivity index (χ4n) is 1.04. The van der Waals surface area contributed by atoms with Crippen LogP contribution in [0.2, 0.25) is 0 Å². The zero-order valence-corrected chi connectivity index (χ0v) is 8.08. The molecule has 0 aliphatic heterocycles. The second-order valence-electron chi connectivity index (χ2n) is 3.20. The highest BCUT2D eigenvalue weighted by molar-refractivity contribution is 5.02. The lowest BCUT2D eigenvalue weighted by molar-refractivity contribution is -0.202. The third kappa shape index (κ3) is 3.56. The summed E-state index contributed by atoms with van der Waals surface area (Å²) in [4.78, 5) is 0. The molecular formula is C9H12F3NO2. The molecule has 0 saturated carbocycles. The summed E-state index contributed by atoms with van der Waals surface area (Å²) < 4.78 is 40.8. The molecule has 3 nitrogen and oxygen atoms in total. The molecule has 2 N–H and O–H groups in total. The Morgan fingerprint density at radius 2 is 2.20 bits per heavy atom. The van der Waals surface area contributed by atoms with Crippen LogP contribution in [-0.4, -0.2) is 23.9 Å². The zero-order chi connectivity index (χ0) is 11.5. The molecule has 0 bridgehead atoms. The third-order valence-corrected chi connectivity index (χ3v) is 1.97. The molecule has 0 aliphatic rings. The Morgan fingerprint density at radius 1 is 1.53 bits per heavy atom. The van der Waals surface area contributed by atoms with Gasteiger partial charge < -0.3 is 14.8 Å². The SMILES string of the molecule is C[C@@H](NCC(O)C(F)(F)F)c1ccco1. The van der Waals surface area contributed by atoms with Crippen LogP contribution >= 0.6 is 0 Å². The van der Waals surface area contributed by atoms with Crippen molar-refractivity contribution in [3.63, 3.8) is 0 Å². The van der Waals surface area contributed by atoms with Crippen LogP contribution in [0.3, 0.4) is 0 Å². The van der Waals surface area contributed by atoms with E-state index in [0.29, 0.717) is 5.76 Å². The summed E-state index contributed by atoms with van der Waals surface area (Å²) in [5, 5.41) is 11.2. The molecular weight excluding hydrogens is 211 g/mol. The van der Waals surface area contributed by atoms with E-state index in [1.165, 1.54) is 6.26 Å². The molecule has 0 amide bonds. The number of rotatable bonds is 4. The second kappa shape index (κ2) is 4.67. The van der Waals surface area contributed by atoms with Crippen LogP contribution in [-0.2, 0) is 0 Å². The first-order valence-corrected chi connectivity index (χ1v) is 4.43. The predicted octanol–water partition coefficient (Wildman–Crippen LogP) is 1.85. The smallest absolute Gasteiger partial charge is 0.415 e. The van der Waals surface area contributed by atoms with E-state index < -0.39 is 18.8 Å². The normalized spacial score (nSPS) is 16.3. The molecule has 6 heteroatoms. The Hall–Kier alpha value is -1.01. The third-order valence-electron chi connectivity index (χ3n) is 1.97. The Balaban J connectivity index is 2.38. The van der Waals surface area contributed by atoms with Gasteiger partial charge in [-0.05, 0) is 19.1 Å². The summed E-state index contributed by atoms with van der Waals surface area (Å²) in [5.74, 6) is 0.532. The van der Waals surface area contributed by atoms with Gasteiger partial charge in [-0.3, -0.25) is 0 Å². The first kappa shape index (κ1) is 12.1. The van der Waals surface area contributed by atoms with Crippen LogP contribution in [0.25, 0.3) is 0 Å². The molecule has 1 rings (SSSR count). The quantitative estimate of drug-likeness (QED) is 0.818. The minimum Gasteiger partial charge on any atom is -0.468 e. The first-order valence-electron chi connectivity index (χ1n) is 4.43. The Kier molecular flexibility index (Phi) is 3.76. The molecule has 86 valence electrons. The maximum absolute atomic E-state index is 11.9. The number of nitrogens with one attached hydrogen (secondary N) is 1. The molecule has 0 aliphatic carbocycles. The summed E-state index contributed by atoms with van der Waals surface area (Å²) in [6, 6.07) is 2.93. The molecule has 1 unspecified atom stereocenters. The van der Waals surface area contributed by atoms with Crippen LogP contribution in [0.4, 0.5) is 13.2 Å². The molecule has 2 atom stereocenters. The van der Waals surface area contributed by atoms with E-state index in [9.17, 15) is 13.2 Å². The highest BCUT2D eigenvalue weighted by Gasteiger charge is 2.38. The number of furan rings is 1. The van der Waals surface area contributed by atoms with Gasteiger partial charge in [-0.15, -0.1) is 0 Å². The second-order valence-corrected chi connectivity index (χ2v) is 3.20. The van der Waals surface area contributed by atoms with Crippen molar-refractivity contribution in [2.24, 2.45) is 0 Å². The van der Waals surface area contributed by atoms with Crippen molar-refractivity contribution in [2.45, 2.75) is 25.2 Å². The largest absolute Gasteiger partial charge is 0.468 e. The van der Waals surface area contributed by atoms with Crippen LogP contribution in [0.1, 0.15) is 18.7 Å². The molecule has 0 saturated heterocycles. The molecule has 0 aromatic carbocycles. The highest BCUT2D eigenvalue weighted by Crippen LogP contribution is 2.20. The molecule has 1 aromatic rings. The van der Waals surface area contributed by atoms with Gasteiger partial charge in [0, 0.05) is 6.54 Å². The fraction of sp³-hybridized carbons (Fsp3) is 0.556. The van der Waals surface area contributed by atoms with E-state index in [1.807, 2.05) is 0 Å². The van der Waals surface area contributed by atoms with Crippen molar-refractivity contribution >= 4 is 0 Å². The minimum atomic E-state index is -4.59. The van der Waals surface area contributed by atoms with Crippen molar-refractivity contribution in [1.29, 1.82) is 0 Å². The number of alkyl halides is 3. The van der Waals surface area contributed by atoms with Gasteiger partial charge in [-0.1, -0.05) is 0 Å². The van der Waals surface area contributed by atoms with Crippen molar-refractivity contribution in [1.82, 2.24) is 5.32 Å². The maximum Gasteiger partial charge on any atom is 0.415 e. The standard InChI is InChI=1S/C9H12F3NO2/c1-6(7-3-2-4-15-7)13-5-8(14)9(10,11)12/h2-4,6,8,13-14H,5H2,1H3/t6-,8?/m1/s1. The van der Waals surface area contributed by atoms with Crippen LogP contribution in [0.15, 0.2) is 22.8 Å². The molecule has 1 aromatic heterocycles. The number of hydrogen-bond donors (Lipinski definition) is 2. The van der Waals surface area contributed by atoms with Gasteiger partial charge in [0.1, 0.15) is 5.76 Å². The number of aliphatic hydroxyl groups excluding tert-OH is 1.